The van der Waals surface area contributed by atoms with E-state index in [1.807, 2.05) is 0 Å². The van der Waals surface area contributed by atoms with Crippen molar-refractivity contribution in [1.29, 1.82) is 0 Å². The molecule has 2 aromatic rings. The van der Waals surface area contributed by atoms with Gasteiger partial charge in [-0.25, -0.2) is 4.79 Å². The summed E-state index contributed by atoms with van der Waals surface area (Å²) in [5.41, 5.74) is 0.109. The Kier molecular flexibility index (Phi) is 6.83. The van der Waals surface area contributed by atoms with Crippen LogP contribution in [0.4, 0.5) is 0 Å². The van der Waals surface area contributed by atoms with Gasteiger partial charge in [0.2, 0.25) is 6.29 Å². The van der Waals surface area contributed by atoms with Gasteiger partial charge in [0.25, 0.3) is 0 Å². The first-order chi connectivity index (χ1) is 14.7. The lowest BCUT2D eigenvalue weighted by molar-refractivity contribution is -0.277. The molecule has 1 heterocycles. The van der Waals surface area contributed by atoms with Crippen LogP contribution < -0.4 is 4.74 Å². The number of carbonyl (C=O) groups is 1. The number of benzene rings is 2. The molecular formula is C20H22O11. The average molecular weight is 438 g/mol. The first-order valence-corrected chi connectivity index (χ1v) is 9.20. The first-order valence-electron chi connectivity index (χ1n) is 9.20. The maximum atomic E-state index is 12.2. The number of aliphatic hydroxyl groups is 4. The van der Waals surface area contributed by atoms with E-state index in [1.54, 1.807) is 18.2 Å². The smallest absolute Gasteiger partial charge is 0.338 e. The van der Waals surface area contributed by atoms with Gasteiger partial charge in [-0.3, -0.25) is 0 Å². The van der Waals surface area contributed by atoms with E-state index in [1.165, 1.54) is 6.07 Å². The molecule has 0 aliphatic carbocycles. The molecule has 0 radical (unpaired) electrons. The van der Waals surface area contributed by atoms with Crippen molar-refractivity contribution in [2.24, 2.45) is 0 Å². The van der Waals surface area contributed by atoms with Gasteiger partial charge in [-0.2, -0.15) is 0 Å². The number of aliphatic hydroxyl groups excluding tert-OH is 4. The molecule has 1 aliphatic rings. The van der Waals surface area contributed by atoms with Crippen LogP contribution in [0.15, 0.2) is 36.4 Å². The van der Waals surface area contributed by atoms with Gasteiger partial charge in [0.15, 0.2) is 17.2 Å². The van der Waals surface area contributed by atoms with Crippen molar-refractivity contribution in [3.8, 4) is 23.0 Å². The molecule has 0 spiro atoms. The summed E-state index contributed by atoms with van der Waals surface area (Å²) < 4.78 is 16.0. The highest BCUT2D eigenvalue weighted by molar-refractivity contribution is 5.91. The number of carbonyl (C=O) groups excluding carboxylic acids is 1. The minimum Gasteiger partial charge on any atom is -0.504 e. The molecule has 1 saturated heterocycles. The Balaban J connectivity index is 1.69. The van der Waals surface area contributed by atoms with Crippen LogP contribution in [-0.2, 0) is 16.1 Å². The van der Waals surface area contributed by atoms with Gasteiger partial charge in [0, 0.05) is 5.56 Å². The van der Waals surface area contributed by atoms with Crippen LogP contribution in [0.2, 0.25) is 0 Å². The maximum Gasteiger partial charge on any atom is 0.338 e. The van der Waals surface area contributed by atoms with Crippen molar-refractivity contribution in [3.63, 3.8) is 0 Å². The third-order valence-corrected chi connectivity index (χ3v) is 4.74. The third kappa shape index (κ3) is 4.81. The lowest BCUT2D eigenvalue weighted by Crippen LogP contribution is -2.60. The fourth-order valence-corrected chi connectivity index (χ4v) is 2.99. The Morgan fingerprint density at radius 3 is 2.26 bits per heavy atom. The SMILES string of the molecule is O=C(OCC1OC(Oc2ccccc2CO)C(O)C(O)C1O)c1cc(O)c(O)c(O)c1. The molecule has 5 unspecified atom stereocenters. The fourth-order valence-electron chi connectivity index (χ4n) is 2.99. The van der Waals surface area contributed by atoms with Crippen molar-refractivity contribution in [3.05, 3.63) is 47.5 Å². The second kappa shape index (κ2) is 9.37. The van der Waals surface area contributed by atoms with Crippen LogP contribution in [0.5, 0.6) is 23.0 Å². The standard InChI is InChI=1S/C20H22O11/c21-7-9-3-1-2-4-13(9)30-20-18(27)17(26)16(25)14(31-20)8-29-19(28)10-5-11(22)15(24)12(23)6-10/h1-6,14,16-18,20-27H,7-8H2. The minimum atomic E-state index is -1.69. The zero-order valence-corrected chi connectivity index (χ0v) is 16.0. The molecule has 11 heteroatoms. The minimum absolute atomic E-state index is 0.184. The van der Waals surface area contributed by atoms with E-state index >= 15 is 0 Å². The molecule has 11 nitrogen and oxygen atoms in total. The number of para-hydroxylation sites is 1. The summed E-state index contributed by atoms with van der Waals surface area (Å²) in [5.74, 6) is -3.12. The normalized spacial score (nSPS) is 25.7. The Hall–Kier alpha value is -3.09. The number of aromatic hydroxyl groups is 3. The molecule has 2 aromatic carbocycles. The number of hydrogen-bond donors (Lipinski definition) is 7. The molecule has 0 bridgehead atoms. The molecule has 1 aliphatic heterocycles. The zero-order valence-electron chi connectivity index (χ0n) is 16.0. The fraction of sp³-hybridized carbons (Fsp3) is 0.350. The monoisotopic (exact) mass is 438 g/mol. The molecule has 5 atom stereocenters. The molecule has 168 valence electrons. The zero-order chi connectivity index (χ0) is 22.7. The highest BCUT2D eigenvalue weighted by Gasteiger charge is 2.45. The summed E-state index contributed by atoms with van der Waals surface area (Å²) in [6, 6.07) is 8.11. The van der Waals surface area contributed by atoms with Gasteiger partial charge in [0.1, 0.15) is 36.8 Å². The van der Waals surface area contributed by atoms with Crippen LogP contribution in [-0.4, -0.2) is 79.0 Å². The van der Waals surface area contributed by atoms with Gasteiger partial charge in [0.05, 0.1) is 12.2 Å². The third-order valence-electron chi connectivity index (χ3n) is 4.74. The number of phenols is 3. The molecular weight excluding hydrogens is 416 g/mol. The van der Waals surface area contributed by atoms with E-state index in [-0.39, 0.29) is 17.9 Å². The van der Waals surface area contributed by atoms with E-state index < -0.39 is 60.5 Å². The highest BCUT2D eigenvalue weighted by atomic mass is 16.7. The maximum absolute atomic E-state index is 12.2. The van der Waals surface area contributed by atoms with Crippen molar-refractivity contribution >= 4 is 5.97 Å². The number of ether oxygens (including phenoxy) is 3. The molecule has 3 rings (SSSR count). The summed E-state index contributed by atoms with van der Waals surface area (Å²) in [7, 11) is 0. The van der Waals surface area contributed by atoms with Gasteiger partial charge < -0.3 is 50.0 Å². The molecule has 1 fully saturated rings. The van der Waals surface area contributed by atoms with E-state index in [9.17, 15) is 40.5 Å². The summed E-state index contributed by atoms with van der Waals surface area (Å²) in [4.78, 5) is 12.2. The van der Waals surface area contributed by atoms with Crippen LogP contribution in [0.1, 0.15) is 15.9 Å². The first kappa shape index (κ1) is 22.6. The lowest BCUT2D eigenvalue weighted by atomic mass is 9.99. The number of rotatable bonds is 6. The van der Waals surface area contributed by atoms with Crippen molar-refractivity contribution in [1.82, 2.24) is 0 Å². The van der Waals surface area contributed by atoms with Crippen LogP contribution >= 0.6 is 0 Å². The summed E-state index contributed by atoms with van der Waals surface area (Å²) >= 11 is 0. The predicted octanol–water partition coefficient (Wildman–Crippen LogP) is -0.661. The number of hydrogen-bond acceptors (Lipinski definition) is 11. The van der Waals surface area contributed by atoms with Crippen LogP contribution in [0.25, 0.3) is 0 Å². The van der Waals surface area contributed by atoms with Crippen LogP contribution in [0.3, 0.4) is 0 Å². The average Bonchev–Trinajstić information content (AvgIpc) is 2.76. The van der Waals surface area contributed by atoms with Gasteiger partial charge in [-0.05, 0) is 18.2 Å². The Labute approximate surface area is 175 Å². The van der Waals surface area contributed by atoms with Crippen LogP contribution in [0, 0.1) is 0 Å². The Bertz CT molecular complexity index is 908. The van der Waals surface area contributed by atoms with Crippen molar-refractivity contribution in [2.75, 3.05) is 6.61 Å². The predicted molar refractivity (Wildman–Crippen MR) is 101 cm³/mol. The van der Waals surface area contributed by atoms with Gasteiger partial charge >= 0.3 is 5.97 Å². The second-order valence-corrected chi connectivity index (χ2v) is 6.86. The van der Waals surface area contributed by atoms with E-state index in [4.69, 9.17) is 14.2 Å². The Morgan fingerprint density at radius 1 is 0.968 bits per heavy atom. The lowest BCUT2D eigenvalue weighted by Gasteiger charge is -2.40. The molecule has 31 heavy (non-hydrogen) atoms. The summed E-state index contributed by atoms with van der Waals surface area (Å²) in [5, 5.41) is 68.2. The molecule has 7 N–H and O–H groups in total. The topological polar surface area (TPSA) is 186 Å². The quantitative estimate of drug-likeness (QED) is 0.224. The second-order valence-electron chi connectivity index (χ2n) is 6.86. The van der Waals surface area contributed by atoms with Crippen molar-refractivity contribution < 1.29 is 54.8 Å². The van der Waals surface area contributed by atoms with E-state index in [2.05, 4.69) is 0 Å². The molecule has 0 amide bonds. The van der Waals surface area contributed by atoms with E-state index in [0.29, 0.717) is 5.56 Å². The molecule has 0 saturated carbocycles. The highest BCUT2D eigenvalue weighted by Crippen LogP contribution is 2.35. The van der Waals surface area contributed by atoms with Gasteiger partial charge in [-0.1, -0.05) is 18.2 Å². The summed E-state index contributed by atoms with van der Waals surface area (Å²) in [6.45, 7) is -0.925. The molecule has 0 aromatic heterocycles. The van der Waals surface area contributed by atoms with Crippen molar-refractivity contribution in [2.45, 2.75) is 37.3 Å². The number of esters is 1. The van der Waals surface area contributed by atoms with E-state index in [0.717, 1.165) is 12.1 Å². The number of phenolic OH excluding ortho intramolecular Hbond substituents is 3. The largest absolute Gasteiger partial charge is 0.504 e. The summed E-state index contributed by atoms with van der Waals surface area (Å²) in [6.07, 6.45) is -7.70. The van der Waals surface area contributed by atoms with Gasteiger partial charge in [-0.15, -0.1) is 0 Å². The Morgan fingerprint density at radius 2 is 1.61 bits per heavy atom.